The van der Waals surface area contributed by atoms with Crippen molar-refractivity contribution in [2.24, 2.45) is 0 Å². The SMILES string of the molecule is CCOC(=O)c1cn(CN2CCSCC2)nc1C. The Morgan fingerprint density at radius 2 is 2.22 bits per heavy atom. The van der Waals surface area contributed by atoms with E-state index < -0.39 is 0 Å². The molecule has 0 bridgehead atoms. The number of thioether (sulfide) groups is 1. The molecule has 2 heterocycles. The molecule has 0 atom stereocenters. The standard InChI is InChI=1S/C12H19N3O2S/c1-3-17-12(16)11-8-15(13-10(11)2)9-14-4-6-18-7-5-14/h8H,3-7,9H2,1-2H3. The zero-order valence-electron chi connectivity index (χ0n) is 10.9. The Balaban J connectivity index is 2.01. The topological polar surface area (TPSA) is 47.4 Å². The van der Waals surface area contributed by atoms with Crippen LogP contribution in [-0.4, -0.2) is 51.9 Å². The monoisotopic (exact) mass is 269 g/mol. The fourth-order valence-corrected chi connectivity index (χ4v) is 2.93. The largest absolute Gasteiger partial charge is 0.462 e. The third kappa shape index (κ3) is 3.26. The number of ether oxygens (including phenoxy) is 1. The van der Waals surface area contributed by atoms with Gasteiger partial charge < -0.3 is 4.74 Å². The van der Waals surface area contributed by atoms with Crippen molar-refractivity contribution in [1.29, 1.82) is 0 Å². The average molecular weight is 269 g/mol. The lowest BCUT2D eigenvalue weighted by molar-refractivity contribution is 0.0525. The number of hydrogen-bond donors (Lipinski definition) is 0. The van der Waals surface area contributed by atoms with Crippen molar-refractivity contribution in [3.05, 3.63) is 17.5 Å². The van der Waals surface area contributed by atoms with E-state index in [0.29, 0.717) is 12.2 Å². The highest BCUT2D eigenvalue weighted by atomic mass is 32.2. The van der Waals surface area contributed by atoms with Crippen LogP contribution in [0.25, 0.3) is 0 Å². The molecule has 0 N–H and O–H groups in total. The summed E-state index contributed by atoms with van der Waals surface area (Å²) in [6, 6.07) is 0. The van der Waals surface area contributed by atoms with Gasteiger partial charge >= 0.3 is 5.97 Å². The highest BCUT2D eigenvalue weighted by Gasteiger charge is 2.16. The van der Waals surface area contributed by atoms with Crippen LogP contribution in [0.15, 0.2) is 6.20 Å². The summed E-state index contributed by atoms with van der Waals surface area (Å²) in [5.41, 5.74) is 1.31. The van der Waals surface area contributed by atoms with Crippen LogP contribution in [0.3, 0.4) is 0 Å². The number of aryl methyl sites for hydroxylation is 1. The number of esters is 1. The van der Waals surface area contributed by atoms with Crippen LogP contribution in [0.2, 0.25) is 0 Å². The van der Waals surface area contributed by atoms with Crippen LogP contribution in [0.4, 0.5) is 0 Å². The lowest BCUT2D eigenvalue weighted by atomic mass is 10.3. The number of rotatable bonds is 4. The summed E-state index contributed by atoms with van der Waals surface area (Å²) >= 11 is 1.98. The molecule has 1 aromatic rings. The summed E-state index contributed by atoms with van der Waals surface area (Å²) in [5.74, 6) is 2.06. The summed E-state index contributed by atoms with van der Waals surface area (Å²) < 4.78 is 6.83. The second-order valence-electron chi connectivity index (χ2n) is 4.26. The smallest absolute Gasteiger partial charge is 0.341 e. The molecular formula is C12H19N3O2S. The van der Waals surface area contributed by atoms with Gasteiger partial charge in [0.15, 0.2) is 0 Å². The predicted octanol–water partition coefficient (Wildman–Crippen LogP) is 1.37. The molecule has 1 aliphatic heterocycles. The summed E-state index contributed by atoms with van der Waals surface area (Å²) in [6.07, 6.45) is 1.79. The second-order valence-corrected chi connectivity index (χ2v) is 5.48. The van der Waals surface area contributed by atoms with E-state index in [1.54, 1.807) is 6.20 Å². The van der Waals surface area contributed by atoms with Crippen molar-refractivity contribution < 1.29 is 9.53 Å². The molecule has 1 saturated heterocycles. The van der Waals surface area contributed by atoms with E-state index in [0.717, 1.165) is 25.5 Å². The van der Waals surface area contributed by atoms with E-state index in [2.05, 4.69) is 10.00 Å². The number of carbonyl (C=O) groups is 1. The fraction of sp³-hybridized carbons (Fsp3) is 0.667. The van der Waals surface area contributed by atoms with Crippen LogP contribution in [0, 0.1) is 6.92 Å². The molecule has 100 valence electrons. The van der Waals surface area contributed by atoms with Crippen LogP contribution in [-0.2, 0) is 11.4 Å². The van der Waals surface area contributed by atoms with Gasteiger partial charge in [-0.25, -0.2) is 4.79 Å². The second kappa shape index (κ2) is 6.24. The Morgan fingerprint density at radius 1 is 1.50 bits per heavy atom. The first-order chi connectivity index (χ1) is 8.70. The summed E-state index contributed by atoms with van der Waals surface area (Å²) in [7, 11) is 0. The van der Waals surface area contributed by atoms with Crippen molar-refractivity contribution in [3.8, 4) is 0 Å². The molecule has 0 radical (unpaired) electrons. The molecule has 1 fully saturated rings. The van der Waals surface area contributed by atoms with Gasteiger partial charge in [0.05, 0.1) is 19.0 Å². The molecule has 0 unspecified atom stereocenters. The zero-order valence-corrected chi connectivity index (χ0v) is 11.7. The first-order valence-electron chi connectivity index (χ1n) is 6.22. The number of aromatic nitrogens is 2. The van der Waals surface area contributed by atoms with Gasteiger partial charge in [-0.2, -0.15) is 16.9 Å². The lowest BCUT2D eigenvalue weighted by Gasteiger charge is -2.25. The van der Waals surface area contributed by atoms with E-state index in [9.17, 15) is 4.79 Å². The van der Waals surface area contributed by atoms with Crippen LogP contribution in [0.1, 0.15) is 23.0 Å². The minimum atomic E-state index is -0.282. The average Bonchev–Trinajstić information content (AvgIpc) is 2.72. The van der Waals surface area contributed by atoms with Gasteiger partial charge in [-0.3, -0.25) is 9.58 Å². The van der Waals surface area contributed by atoms with Crippen molar-refractivity contribution >= 4 is 17.7 Å². The Morgan fingerprint density at radius 3 is 2.89 bits per heavy atom. The number of nitrogens with zero attached hydrogens (tertiary/aromatic N) is 3. The maximum absolute atomic E-state index is 11.7. The first-order valence-corrected chi connectivity index (χ1v) is 7.37. The van der Waals surface area contributed by atoms with E-state index >= 15 is 0 Å². The molecule has 2 rings (SSSR count). The van der Waals surface area contributed by atoms with Crippen LogP contribution in [0.5, 0.6) is 0 Å². The van der Waals surface area contributed by atoms with Gasteiger partial charge in [0.1, 0.15) is 5.56 Å². The Bertz CT molecular complexity index is 413. The number of carbonyl (C=O) groups excluding carboxylic acids is 1. The van der Waals surface area contributed by atoms with E-state index in [4.69, 9.17) is 4.74 Å². The summed E-state index contributed by atoms with van der Waals surface area (Å²) in [4.78, 5) is 14.0. The predicted molar refractivity (Wildman–Crippen MR) is 71.8 cm³/mol. The normalized spacial score (nSPS) is 16.8. The van der Waals surface area contributed by atoms with E-state index in [-0.39, 0.29) is 5.97 Å². The highest BCUT2D eigenvalue weighted by molar-refractivity contribution is 7.99. The molecule has 18 heavy (non-hydrogen) atoms. The van der Waals surface area contributed by atoms with Gasteiger partial charge in [-0.1, -0.05) is 0 Å². The zero-order chi connectivity index (χ0) is 13.0. The van der Waals surface area contributed by atoms with Crippen molar-refractivity contribution in [3.63, 3.8) is 0 Å². The summed E-state index contributed by atoms with van der Waals surface area (Å²) in [5, 5.41) is 4.38. The molecule has 6 heteroatoms. The van der Waals surface area contributed by atoms with E-state index in [1.807, 2.05) is 30.3 Å². The van der Waals surface area contributed by atoms with Gasteiger partial charge in [-0.15, -0.1) is 0 Å². The molecule has 0 saturated carbocycles. The quantitative estimate of drug-likeness (QED) is 0.773. The number of hydrogen-bond acceptors (Lipinski definition) is 5. The summed E-state index contributed by atoms with van der Waals surface area (Å²) in [6.45, 7) is 6.96. The molecule has 0 amide bonds. The van der Waals surface area contributed by atoms with Crippen molar-refractivity contribution in [2.75, 3.05) is 31.2 Å². The Hall–Kier alpha value is -1.01. The third-order valence-corrected chi connectivity index (χ3v) is 3.83. The molecule has 1 aromatic heterocycles. The molecular weight excluding hydrogens is 250 g/mol. The van der Waals surface area contributed by atoms with Gasteiger partial charge in [0.2, 0.25) is 0 Å². The molecule has 0 aliphatic carbocycles. The molecule has 0 aromatic carbocycles. The Labute approximate surface area is 111 Å². The van der Waals surface area contributed by atoms with Crippen LogP contribution >= 0.6 is 11.8 Å². The minimum absolute atomic E-state index is 0.282. The fourth-order valence-electron chi connectivity index (χ4n) is 1.95. The maximum atomic E-state index is 11.7. The van der Waals surface area contributed by atoms with E-state index in [1.165, 1.54) is 11.5 Å². The lowest BCUT2D eigenvalue weighted by Crippen LogP contribution is -2.34. The van der Waals surface area contributed by atoms with Gasteiger partial charge in [0.25, 0.3) is 0 Å². The van der Waals surface area contributed by atoms with Crippen molar-refractivity contribution in [2.45, 2.75) is 20.5 Å². The maximum Gasteiger partial charge on any atom is 0.341 e. The third-order valence-electron chi connectivity index (χ3n) is 2.89. The molecule has 5 nitrogen and oxygen atoms in total. The highest BCUT2D eigenvalue weighted by Crippen LogP contribution is 2.12. The van der Waals surface area contributed by atoms with Gasteiger partial charge in [0, 0.05) is 30.8 Å². The van der Waals surface area contributed by atoms with Crippen molar-refractivity contribution in [1.82, 2.24) is 14.7 Å². The van der Waals surface area contributed by atoms with Crippen LogP contribution < -0.4 is 0 Å². The molecule has 1 aliphatic rings. The van der Waals surface area contributed by atoms with Gasteiger partial charge in [-0.05, 0) is 13.8 Å². The first kappa shape index (κ1) is 13.4. The minimum Gasteiger partial charge on any atom is -0.462 e. The Kier molecular flexibility index (Phi) is 4.66. The molecule has 0 spiro atoms.